The van der Waals surface area contributed by atoms with Gasteiger partial charge in [-0.2, -0.15) is 5.26 Å². The minimum absolute atomic E-state index is 0.00354. The van der Waals surface area contributed by atoms with Gasteiger partial charge in [0.2, 0.25) is 6.29 Å². The Morgan fingerprint density at radius 1 is 1.33 bits per heavy atom. The van der Waals surface area contributed by atoms with Crippen molar-refractivity contribution in [3.05, 3.63) is 46.5 Å². The van der Waals surface area contributed by atoms with E-state index in [-0.39, 0.29) is 11.4 Å². The molecule has 36 heavy (non-hydrogen) atoms. The van der Waals surface area contributed by atoms with Gasteiger partial charge in [0.05, 0.1) is 6.20 Å². The number of nitrogens with zero attached hydrogens (tertiary/aromatic N) is 6. The molecular formula is C24H30FN7O4. The highest BCUT2D eigenvalue weighted by molar-refractivity contribution is 6.01. The third-order valence-electron chi connectivity index (χ3n) is 6.42. The fourth-order valence-corrected chi connectivity index (χ4v) is 4.50. The maximum Gasteiger partial charge on any atom is 0.328 e. The van der Waals surface area contributed by atoms with E-state index in [9.17, 15) is 14.3 Å². The van der Waals surface area contributed by atoms with Crippen LogP contribution in [0.2, 0.25) is 0 Å². The molecule has 4 rings (SSSR count). The number of halogens is 1. The number of anilines is 2. The zero-order valence-corrected chi connectivity index (χ0v) is 20.6. The van der Waals surface area contributed by atoms with Crippen LogP contribution in [0, 0.1) is 17.1 Å². The highest BCUT2D eigenvalue weighted by Crippen LogP contribution is 2.32. The number of aliphatic hydroxyl groups is 1. The van der Waals surface area contributed by atoms with Crippen LogP contribution in [0.25, 0.3) is 0 Å². The SMILES string of the molecule is COC(OC)c1nc2c(cc1CN1CCN(C)CC1O)CCCN2C(=O)Nc1cc(F)c(C#N)cn1. The summed E-state index contributed by atoms with van der Waals surface area (Å²) in [7, 11) is 5.00. The van der Waals surface area contributed by atoms with Crippen LogP contribution >= 0.6 is 0 Å². The van der Waals surface area contributed by atoms with Gasteiger partial charge in [-0.15, -0.1) is 0 Å². The number of carbonyl (C=O) groups excluding carboxylic acids is 1. The number of β-amino-alcohol motifs (C(OH)–C–C–N with tert-alkyl or cyclic N) is 1. The Labute approximate surface area is 209 Å². The monoisotopic (exact) mass is 499 g/mol. The van der Waals surface area contributed by atoms with E-state index in [4.69, 9.17) is 19.7 Å². The molecule has 2 N–H and O–H groups in total. The van der Waals surface area contributed by atoms with Crippen LogP contribution in [0.1, 0.15) is 35.1 Å². The van der Waals surface area contributed by atoms with E-state index in [2.05, 4.69) is 15.2 Å². The van der Waals surface area contributed by atoms with E-state index < -0.39 is 24.4 Å². The van der Waals surface area contributed by atoms with Crippen LogP contribution in [-0.2, 0) is 22.4 Å². The molecule has 11 nitrogen and oxygen atoms in total. The molecule has 2 amide bonds. The molecule has 1 unspecified atom stereocenters. The molecule has 2 aliphatic rings. The lowest BCUT2D eigenvalue weighted by Gasteiger charge is -2.37. The van der Waals surface area contributed by atoms with Gasteiger partial charge in [0.25, 0.3) is 0 Å². The zero-order valence-electron chi connectivity index (χ0n) is 20.6. The van der Waals surface area contributed by atoms with Crippen LogP contribution in [-0.4, -0.2) is 84.6 Å². The molecule has 0 bridgehead atoms. The number of aliphatic hydroxyl groups excluding tert-OH is 1. The molecule has 4 heterocycles. The smallest absolute Gasteiger partial charge is 0.328 e. The molecule has 1 fully saturated rings. The molecule has 0 spiro atoms. The molecular weight excluding hydrogens is 469 g/mol. The summed E-state index contributed by atoms with van der Waals surface area (Å²) in [6.07, 6.45) is 1.13. The number of likely N-dealkylation sites (N-methyl/N-ethyl adjacent to an activating group) is 1. The van der Waals surface area contributed by atoms with E-state index in [0.717, 1.165) is 36.4 Å². The van der Waals surface area contributed by atoms with Gasteiger partial charge < -0.3 is 19.5 Å². The first-order valence-corrected chi connectivity index (χ1v) is 11.7. The number of urea groups is 1. The van der Waals surface area contributed by atoms with Crippen molar-refractivity contribution in [1.82, 2.24) is 19.8 Å². The Morgan fingerprint density at radius 3 is 2.78 bits per heavy atom. The van der Waals surface area contributed by atoms with Crippen LogP contribution in [0.4, 0.5) is 20.8 Å². The normalized spacial score (nSPS) is 18.7. The number of ether oxygens (including phenoxy) is 2. The van der Waals surface area contributed by atoms with Gasteiger partial charge in [-0.3, -0.25) is 15.1 Å². The Hall–Kier alpha value is -3.21. The minimum atomic E-state index is -0.768. The number of aryl methyl sites for hydroxylation is 1. The first-order valence-electron chi connectivity index (χ1n) is 11.7. The van der Waals surface area contributed by atoms with E-state index in [0.29, 0.717) is 44.1 Å². The first kappa shape index (κ1) is 25.9. The van der Waals surface area contributed by atoms with E-state index in [1.54, 1.807) is 6.07 Å². The van der Waals surface area contributed by atoms with Crippen molar-refractivity contribution >= 4 is 17.7 Å². The van der Waals surface area contributed by atoms with Gasteiger partial charge in [-0.05, 0) is 37.1 Å². The Balaban J connectivity index is 1.64. The summed E-state index contributed by atoms with van der Waals surface area (Å²) in [5, 5.41) is 22.1. The van der Waals surface area contributed by atoms with Crippen LogP contribution in [0.3, 0.4) is 0 Å². The number of methoxy groups -OCH3 is 2. The molecule has 192 valence electrons. The van der Waals surface area contributed by atoms with Crippen molar-refractivity contribution in [2.75, 3.05) is 57.7 Å². The van der Waals surface area contributed by atoms with Crippen molar-refractivity contribution in [1.29, 1.82) is 5.26 Å². The summed E-state index contributed by atoms with van der Waals surface area (Å²) in [4.78, 5) is 27.4. The maximum absolute atomic E-state index is 14.0. The fourth-order valence-electron chi connectivity index (χ4n) is 4.50. The second-order valence-electron chi connectivity index (χ2n) is 8.88. The minimum Gasteiger partial charge on any atom is -0.377 e. The number of hydrogen-bond acceptors (Lipinski definition) is 9. The van der Waals surface area contributed by atoms with E-state index in [1.165, 1.54) is 19.1 Å². The van der Waals surface area contributed by atoms with Crippen molar-refractivity contribution in [3.8, 4) is 6.07 Å². The van der Waals surface area contributed by atoms with Gasteiger partial charge in [-0.25, -0.2) is 19.2 Å². The summed E-state index contributed by atoms with van der Waals surface area (Å²) in [5.41, 5.74) is 2.05. The summed E-state index contributed by atoms with van der Waals surface area (Å²) in [6, 6.07) is 4.19. The molecule has 0 saturated carbocycles. The number of piperazine rings is 1. The van der Waals surface area contributed by atoms with Crippen molar-refractivity contribution < 1.29 is 23.8 Å². The molecule has 2 aromatic heterocycles. The summed E-state index contributed by atoms with van der Waals surface area (Å²) in [6.45, 7) is 2.94. The van der Waals surface area contributed by atoms with Crippen LogP contribution in [0.5, 0.6) is 0 Å². The fraction of sp³-hybridized carbons (Fsp3) is 0.500. The van der Waals surface area contributed by atoms with Crippen LogP contribution < -0.4 is 10.2 Å². The molecule has 2 aliphatic heterocycles. The number of hydrogen-bond donors (Lipinski definition) is 2. The quantitative estimate of drug-likeness (QED) is 0.572. The number of pyridine rings is 2. The topological polar surface area (TPSA) is 127 Å². The summed E-state index contributed by atoms with van der Waals surface area (Å²) < 4.78 is 25.0. The second kappa shape index (κ2) is 11.2. The molecule has 0 radical (unpaired) electrons. The van der Waals surface area contributed by atoms with Crippen molar-refractivity contribution in [3.63, 3.8) is 0 Å². The van der Waals surface area contributed by atoms with Gasteiger partial charge in [0, 0.05) is 53.0 Å². The van der Waals surface area contributed by atoms with E-state index in [1.807, 2.05) is 18.0 Å². The standard InChI is InChI=1S/C24H30FN7O4/c1-30-7-8-31(20(33)14-30)13-16-9-15-5-4-6-32(22(15)29-21(16)23(35-2)36-3)24(34)28-19-10-18(25)17(11-26)12-27-19/h9-10,12,20,23,33H,4-8,13-14H2,1-3H3,(H,27,28,34). The van der Waals surface area contributed by atoms with Gasteiger partial charge >= 0.3 is 6.03 Å². The summed E-state index contributed by atoms with van der Waals surface area (Å²) >= 11 is 0. The average Bonchev–Trinajstić information content (AvgIpc) is 2.86. The number of aromatic nitrogens is 2. The lowest BCUT2D eigenvalue weighted by Crippen LogP contribution is -2.51. The summed E-state index contributed by atoms with van der Waals surface area (Å²) in [5.74, 6) is -0.304. The molecule has 0 aromatic carbocycles. The number of fused-ring (bicyclic) bond motifs is 1. The molecule has 12 heteroatoms. The number of amides is 2. The molecule has 1 atom stereocenters. The number of nitrogens with one attached hydrogen (secondary N) is 1. The highest BCUT2D eigenvalue weighted by atomic mass is 19.1. The van der Waals surface area contributed by atoms with E-state index >= 15 is 0 Å². The number of carbonyl (C=O) groups is 1. The van der Waals surface area contributed by atoms with Crippen LogP contribution in [0.15, 0.2) is 18.3 Å². The zero-order chi connectivity index (χ0) is 25.8. The van der Waals surface area contributed by atoms with Crippen molar-refractivity contribution in [2.24, 2.45) is 0 Å². The van der Waals surface area contributed by atoms with Gasteiger partial charge in [0.1, 0.15) is 41.0 Å². The lowest BCUT2D eigenvalue weighted by atomic mass is 10.0. The van der Waals surface area contributed by atoms with Gasteiger partial charge in [0.15, 0.2) is 0 Å². The third kappa shape index (κ3) is 5.45. The number of rotatable bonds is 6. The third-order valence-corrected chi connectivity index (χ3v) is 6.42. The number of nitriles is 1. The molecule has 2 aromatic rings. The average molecular weight is 500 g/mol. The second-order valence-corrected chi connectivity index (χ2v) is 8.88. The predicted molar refractivity (Wildman–Crippen MR) is 129 cm³/mol. The predicted octanol–water partition coefficient (Wildman–Crippen LogP) is 1.83. The van der Waals surface area contributed by atoms with Gasteiger partial charge in [-0.1, -0.05) is 0 Å². The molecule has 0 aliphatic carbocycles. The lowest BCUT2D eigenvalue weighted by molar-refractivity contribution is -0.110. The maximum atomic E-state index is 14.0. The molecule has 1 saturated heterocycles. The Bertz CT molecular complexity index is 1150. The van der Waals surface area contributed by atoms with Crippen molar-refractivity contribution in [2.45, 2.75) is 31.9 Å². The Morgan fingerprint density at radius 2 is 2.11 bits per heavy atom. The first-order chi connectivity index (χ1) is 17.3. The highest BCUT2D eigenvalue weighted by Gasteiger charge is 2.30. The Kier molecular flexibility index (Phi) is 8.07. The largest absolute Gasteiger partial charge is 0.377 e.